The Morgan fingerprint density at radius 2 is 2.07 bits per heavy atom. The topological polar surface area (TPSA) is 76.2 Å². The highest BCUT2D eigenvalue weighted by Crippen LogP contribution is 2.29. The van der Waals surface area contributed by atoms with Crippen LogP contribution in [0.4, 0.5) is 0 Å². The maximum Gasteiger partial charge on any atom is 0.354 e. The van der Waals surface area contributed by atoms with Crippen LogP contribution < -0.4 is 5.73 Å². The summed E-state index contributed by atoms with van der Waals surface area (Å²) in [4.78, 5) is 14.7. The first-order valence-electron chi connectivity index (χ1n) is 4.78. The van der Waals surface area contributed by atoms with E-state index in [-0.39, 0.29) is 17.2 Å². The summed E-state index contributed by atoms with van der Waals surface area (Å²) in [6, 6.07) is 4.61. The number of nitrogens with two attached hydrogens (primary N) is 1. The summed E-state index contributed by atoms with van der Waals surface area (Å²) in [6.45, 7) is 5.98. The number of nitrogens with zero attached hydrogens (tertiary/aromatic N) is 1. The van der Waals surface area contributed by atoms with Crippen molar-refractivity contribution in [3.8, 4) is 0 Å². The Labute approximate surface area is 89.1 Å². The third-order valence-electron chi connectivity index (χ3n) is 2.24. The van der Waals surface area contributed by atoms with Crippen molar-refractivity contribution in [2.24, 2.45) is 11.1 Å². The van der Waals surface area contributed by atoms with Crippen molar-refractivity contribution in [3.63, 3.8) is 0 Å². The van der Waals surface area contributed by atoms with Crippen molar-refractivity contribution in [2.45, 2.75) is 26.8 Å². The lowest BCUT2D eigenvalue weighted by Crippen LogP contribution is -2.27. The third-order valence-corrected chi connectivity index (χ3v) is 2.24. The van der Waals surface area contributed by atoms with Gasteiger partial charge < -0.3 is 10.8 Å². The molecule has 0 spiro atoms. The van der Waals surface area contributed by atoms with Crippen LogP contribution in [0.15, 0.2) is 18.2 Å². The highest BCUT2D eigenvalue weighted by molar-refractivity contribution is 5.85. The van der Waals surface area contributed by atoms with E-state index in [1.54, 1.807) is 12.1 Å². The molecule has 0 saturated heterocycles. The number of carboxylic acids is 1. The summed E-state index contributed by atoms with van der Waals surface area (Å²) in [6.07, 6.45) is 0. The van der Waals surface area contributed by atoms with Crippen LogP contribution in [0.2, 0.25) is 0 Å². The zero-order chi connectivity index (χ0) is 11.6. The number of carbonyl (C=O) groups is 1. The second-order valence-corrected chi connectivity index (χ2v) is 4.60. The molecule has 0 radical (unpaired) electrons. The van der Waals surface area contributed by atoms with E-state index in [1.807, 2.05) is 20.8 Å². The Bertz CT molecular complexity index is 369. The Kier molecular flexibility index (Phi) is 3.09. The predicted octanol–water partition coefficient (Wildman–Crippen LogP) is 1.83. The smallest absolute Gasteiger partial charge is 0.354 e. The second kappa shape index (κ2) is 3.98. The van der Waals surface area contributed by atoms with Gasteiger partial charge in [-0.15, -0.1) is 0 Å². The molecule has 0 bridgehead atoms. The molecule has 0 aliphatic heterocycles. The summed E-state index contributed by atoms with van der Waals surface area (Å²) in [5.41, 5.74) is 6.50. The summed E-state index contributed by atoms with van der Waals surface area (Å²) in [5, 5.41) is 8.79. The van der Waals surface area contributed by atoms with Crippen molar-refractivity contribution >= 4 is 5.97 Å². The van der Waals surface area contributed by atoms with Gasteiger partial charge in [0.05, 0.1) is 11.7 Å². The van der Waals surface area contributed by atoms with Crippen LogP contribution >= 0.6 is 0 Å². The fraction of sp³-hybridized carbons (Fsp3) is 0.455. The lowest BCUT2D eigenvalue weighted by molar-refractivity contribution is 0.0689. The van der Waals surface area contributed by atoms with Crippen molar-refractivity contribution in [1.29, 1.82) is 0 Å². The third kappa shape index (κ3) is 2.76. The van der Waals surface area contributed by atoms with E-state index >= 15 is 0 Å². The monoisotopic (exact) mass is 208 g/mol. The van der Waals surface area contributed by atoms with Crippen molar-refractivity contribution in [3.05, 3.63) is 29.6 Å². The number of aromatic carboxylic acids is 1. The second-order valence-electron chi connectivity index (χ2n) is 4.60. The molecule has 0 aliphatic rings. The van der Waals surface area contributed by atoms with E-state index in [0.717, 1.165) is 0 Å². The average molecular weight is 208 g/mol. The molecular weight excluding hydrogens is 192 g/mol. The fourth-order valence-corrected chi connectivity index (χ4v) is 1.19. The summed E-state index contributed by atoms with van der Waals surface area (Å²) >= 11 is 0. The van der Waals surface area contributed by atoms with Crippen LogP contribution in [-0.4, -0.2) is 16.1 Å². The molecule has 1 heterocycles. The molecule has 1 rings (SSSR count). The normalized spacial score (nSPS) is 13.6. The number of aromatic nitrogens is 1. The van der Waals surface area contributed by atoms with Gasteiger partial charge in [0.1, 0.15) is 5.69 Å². The van der Waals surface area contributed by atoms with Crippen molar-refractivity contribution < 1.29 is 9.90 Å². The van der Waals surface area contributed by atoms with Gasteiger partial charge >= 0.3 is 5.97 Å². The Morgan fingerprint density at radius 1 is 1.47 bits per heavy atom. The maximum atomic E-state index is 10.7. The van der Waals surface area contributed by atoms with Gasteiger partial charge in [-0.2, -0.15) is 0 Å². The molecule has 1 atom stereocenters. The number of hydrogen-bond donors (Lipinski definition) is 2. The van der Waals surface area contributed by atoms with Gasteiger partial charge in [0, 0.05) is 0 Å². The number of pyridine rings is 1. The zero-order valence-corrected chi connectivity index (χ0v) is 9.19. The van der Waals surface area contributed by atoms with Gasteiger partial charge in [0.25, 0.3) is 0 Å². The first kappa shape index (κ1) is 11.7. The Morgan fingerprint density at radius 3 is 2.53 bits per heavy atom. The summed E-state index contributed by atoms with van der Waals surface area (Å²) < 4.78 is 0. The first-order chi connectivity index (χ1) is 6.82. The number of hydrogen-bond acceptors (Lipinski definition) is 3. The van der Waals surface area contributed by atoms with E-state index < -0.39 is 5.97 Å². The molecule has 4 nitrogen and oxygen atoms in total. The van der Waals surface area contributed by atoms with Gasteiger partial charge in [0.2, 0.25) is 0 Å². The summed E-state index contributed by atoms with van der Waals surface area (Å²) in [7, 11) is 0. The van der Waals surface area contributed by atoms with Crippen LogP contribution in [0.25, 0.3) is 0 Å². The Hall–Kier alpha value is -1.42. The van der Waals surface area contributed by atoms with Crippen molar-refractivity contribution in [2.75, 3.05) is 0 Å². The van der Waals surface area contributed by atoms with Gasteiger partial charge in [-0.25, -0.2) is 9.78 Å². The van der Waals surface area contributed by atoms with E-state index in [9.17, 15) is 4.79 Å². The minimum Gasteiger partial charge on any atom is -0.477 e. The molecule has 3 N–H and O–H groups in total. The number of carboxylic acid groups (broad SMARTS) is 1. The Balaban J connectivity index is 3.06. The van der Waals surface area contributed by atoms with Crippen LogP contribution in [-0.2, 0) is 0 Å². The molecule has 0 aliphatic carbocycles. The van der Waals surface area contributed by atoms with Gasteiger partial charge in [-0.05, 0) is 17.5 Å². The van der Waals surface area contributed by atoms with Crippen LogP contribution in [0.5, 0.6) is 0 Å². The van der Waals surface area contributed by atoms with Gasteiger partial charge in [-0.3, -0.25) is 0 Å². The number of rotatable bonds is 2. The lowest BCUT2D eigenvalue weighted by Gasteiger charge is -2.26. The molecule has 0 fully saturated rings. The first-order valence-corrected chi connectivity index (χ1v) is 4.78. The average Bonchev–Trinajstić information content (AvgIpc) is 2.15. The molecule has 15 heavy (non-hydrogen) atoms. The van der Waals surface area contributed by atoms with Crippen LogP contribution in [0.3, 0.4) is 0 Å². The highest BCUT2D eigenvalue weighted by Gasteiger charge is 2.23. The molecule has 1 aromatic heterocycles. The standard InChI is InChI=1S/C11H16N2O2/c1-11(2,3)9(12)7-5-4-6-8(13-7)10(14)15/h4-6,9H,12H2,1-3H3,(H,14,15). The molecule has 82 valence electrons. The van der Waals surface area contributed by atoms with Gasteiger partial charge in [0.15, 0.2) is 0 Å². The fourth-order valence-electron chi connectivity index (χ4n) is 1.19. The van der Waals surface area contributed by atoms with Crippen LogP contribution in [0.1, 0.15) is 43.0 Å². The minimum absolute atomic E-state index is 0.0344. The van der Waals surface area contributed by atoms with Crippen LogP contribution in [0, 0.1) is 5.41 Å². The molecular formula is C11H16N2O2. The molecule has 1 aromatic rings. The van der Waals surface area contributed by atoms with Gasteiger partial charge in [-0.1, -0.05) is 26.8 Å². The molecule has 0 aromatic carbocycles. The van der Waals surface area contributed by atoms with Crippen molar-refractivity contribution in [1.82, 2.24) is 4.98 Å². The molecule has 0 amide bonds. The van der Waals surface area contributed by atoms with E-state index in [4.69, 9.17) is 10.8 Å². The SMILES string of the molecule is CC(C)(C)C(N)c1cccc(C(=O)O)n1. The quantitative estimate of drug-likeness (QED) is 0.777. The van der Waals surface area contributed by atoms with E-state index in [0.29, 0.717) is 5.69 Å². The van der Waals surface area contributed by atoms with E-state index in [2.05, 4.69) is 4.98 Å². The maximum absolute atomic E-state index is 10.7. The molecule has 1 unspecified atom stereocenters. The largest absolute Gasteiger partial charge is 0.477 e. The molecule has 0 saturated carbocycles. The van der Waals surface area contributed by atoms with E-state index in [1.165, 1.54) is 6.07 Å². The predicted molar refractivity (Wildman–Crippen MR) is 57.6 cm³/mol. The lowest BCUT2D eigenvalue weighted by atomic mass is 9.85. The minimum atomic E-state index is -1.03. The summed E-state index contributed by atoms with van der Waals surface area (Å²) in [5.74, 6) is -1.03. The highest BCUT2D eigenvalue weighted by atomic mass is 16.4. The molecule has 4 heteroatoms. The zero-order valence-electron chi connectivity index (χ0n) is 9.19.